The monoisotopic (exact) mass is 334 g/mol. The maximum absolute atomic E-state index is 11.9. The van der Waals surface area contributed by atoms with E-state index in [0.717, 1.165) is 0 Å². The van der Waals surface area contributed by atoms with E-state index in [2.05, 4.69) is 17.8 Å². The van der Waals surface area contributed by atoms with Crippen LogP contribution >= 0.6 is 0 Å². The Morgan fingerprint density at radius 3 is 2.42 bits per heavy atom. The van der Waals surface area contributed by atoms with Crippen molar-refractivity contribution in [3.05, 3.63) is 29.8 Å². The molecule has 1 unspecified atom stereocenters. The Morgan fingerprint density at radius 1 is 1.12 bits per heavy atom. The number of rotatable bonds is 5. The summed E-state index contributed by atoms with van der Waals surface area (Å²) in [6.45, 7) is 2.48. The molecule has 0 aliphatic heterocycles. The van der Waals surface area contributed by atoms with Gasteiger partial charge in [0, 0.05) is 5.56 Å². The van der Waals surface area contributed by atoms with Crippen molar-refractivity contribution < 1.29 is 19.1 Å². The smallest absolute Gasteiger partial charge is 0.426 e. The molecular formula is C18H26N2O4. The van der Waals surface area contributed by atoms with Gasteiger partial charge in [-0.05, 0) is 36.1 Å². The van der Waals surface area contributed by atoms with Gasteiger partial charge in [-0.3, -0.25) is 10.2 Å². The summed E-state index contributed by atoms with van der Waals surface area (Å²) in [4.78, 5) is 23.6. The zero-order chi connectivity index (χ0) is 17.4. The highest BCUT2D eigenvalue weighted by Gasteiger charge is 2.21. The quantitative estimate of drug-likeness (QED) is 0.810. The molecule has 2 amide bonds. The largest absolute Gasteiger partial charge is 0.497 e. The standard InChI is InChI=1S/C18H26N2O4/c1-13(14-6-4-3-5-7-14)12-24-18(22)20-19-17(21)15-8-10-16(23-2)11-9-15/h8-11,13-14H,3-7,12H2,1-2H3,(H,19,21)(H,20,22). The van der Waals surface area contributed by atoms with E-state index in [9.17, 15) is 9.59 Å². The number of carbonyl (C=O) groups is 2. The summed E-state index contributed by atoms with van der Waals surface area (Å²) in [6.07, 6.45) is 5.61. The van der Waals surface area contributed by atoms with Gasteiger partial charge in [-0.25, -0.2) is 10.2 Å². The lowest BCUT2D eigenvalue weighted by molar-refractivity contribution is 0.0864. The van der Waals surface area contributed by atoms with E-state index in [1.165, 1.54) is 32.1 Å². The molecule has 1 aliphatic carbocycles. The molecular weight excluding hydrogens is 308 g/mol. The number of amides is 2. The number of hydrogen-bond acceptors (Lipinski definition) is 4. The number of hydrazine groups is 1. The van der Waals surface area contributed by atoms with Crippen LogP contribution in [0.2, 0.25) is 0 Å². The SMILES string of the molecule is COc1ccc(C(=O)NNC(=O)OCC(C)C2CCCCC2)cc1. The van der Waals surface area contributed by atoms with Gasteiger partial charge in [0.2, 0.25) is 0 Å². The lowest BCUT2D eigenvalue weighted by atomic mass is 9.81. The lowest BCUT2D eigenvalue weighted by Crippen LogP contribution is -2.42. The molecule has 1 aromatic rings. The molecule has 1 fully saturated rings. The van der Waals surface area contributed by atoms with Crippen LogP contribution in [-0.2, 0) is 4.74 Å². The third-order valence-corrected chi connectivity index (χ3v) is 4.56. The van der Waals surface area contributed by atoms with E-state index in [-0.39, 0.29) is 0 Å². The zero-order valence-electron chi connectivity index (χ0n) is 14.3. The topological polar surface area (TPSA) is 76.7 Å². The first-order valence-electron chi connectivity index (χ1n) is 8.47. The molecule has 0 spiro atoms. The van der Waals surface area contributed by atoms with Gasteiger partial charge in [-0.2, -0.15) is 0 Å². The fourth-order valence-corrected chi connectivity index (χ4v) is 3.00. The van der Waals surface area contributed by atoms with E-state index in [0.29, 0.717) is 29.8 Å². The first-order chi connectivity index (χ1) is 11.6. The van der Waals surface area contributed by atoms with Gasteiger partial charge in [0.15, 0.2) is 0 Å². The summed E-state index contributed by atoms with van der Waals surface area (Å²) in [5.74, 6) is 1.22. The predicted octanol–water partition coefficient (Wildman–Crippen LogP) is 3.28. The van der Waals surface area contributed by atoms with Crippen molar-refractivity contribution in [1.82, 2.24) is 10.9 Å². The minimum Gasteiger partial charge on any atom is -0.497 e. The predicted molar refractivity (Wildman–Crippen MR) is 90.7 cm³/mol. The Kier molecular flexibility index (Phi) is 6.90. The second-order valence-corrected chi connectivity index (χ2v) is 6.28. The van der Waals surface area contributed by atoms with Gasteiger partial charge in [0.1, 0.15) is 5.75 Å². The molecule has 0 bridgehead atoms. The molecule has 0 saturated heterocycles. The van der Waals surface area contributed by atoms with Gasteiger partial charge in [0.05, 0.1) is 13.7 Å². The molecule has 24 heavy (non-hydrogen) atoms. The first kappa shape index (κ1) is 18.1. The van der Waals surface area contributed by atoms with Crippen LogP contribution in [0.15, 0.2) is 24.3 Å². The number of hydrogen-bond donors (Lipinski definition) is 2. The van der Waals surface area contributed by atoms with Crippen LogP contribution in [0.5, 0.6) is 5.75 Å². The highest BCUT2D eigenvalue weighted by atomic mass is 16.6. The minimum atomic E-state index is -0.639. The van der Waals surface area contributed by atoms with Crippen LogP contribution in [0.3, 0.4) is 0 Å². The molecule has 1 aromatic carbocycles. The average Bonchev–Trinajstić information content (AvgIpc) is 2.64. The summed E-state index contributed by atoms with van der Waals surface area (Å²) in [7, 11) is 1.56. The van der Waals surface area contributed by atoms with Crippen molar-refractivity contribution in [2.75, 3.05) is 13.7 Å². The number of benzene rings is 1. The number of ether oxygens (including phenoxy) is 2. The van der Waals surface area contributed by atoms with E-state index < -0.39 is 12.0 Å². The van der Waals surface area contributed by atoms with E-state index >= 15 is 0 Å². The molecule has 6 heteroatoms. The average molecular weight is 334 g/mol. The number of nitrogens with one attached hydrogen (secondary N) is 2. The normalized spacial score (nSPS) is 16.1. The molecule has 0 heterocycles. The van der Waals surface area contributed by atoms with Crippen LogP contribution in [0.4, 0.5) is 4.79 Å². The van der Waals surface area contributed by atoms with Gasteiger partial charge in [-0.15, -0.1) is 0 Å². The van der Waals surface area contributed by atoms with Gasteiger partial charge < -0.3 is 9.47 Å². The number of methoxy groups -OCH3 is 1. The van der Waals surface area contributed by atoms with Crippen molar-refractivity contribution in [1.29, 1.82) is 0 Å². The fraction of sp³-hybridized carbons (Fsp3) is 0.556. The van der Waals surface area contributed by atoms with Crippen LogP contribution in [-0.4, -0.2) is 25.7 Å². The Bertz CT molecular complexity index is 538. The van der Waals surface area contributed by atoms with Gasteiger partial charge in [0.25, 0.3) is 5.91 Å². The molecule has 1 saturated carbocycles. The maximum Gasteiger partial charge on any atom is 0.426 e. The molecule has 1 atom stereocenters. The molecule has 0 aromatic heterocycles. The lowest BCUT2D eigenvalue weighted by Gasteiger charge is -2.27. The molecule has 2 rings (SSSR count). The van der Waals surface area contributed by atoms with Crippen molar-refractivity contribution in [2.45, 2.75) is 39.0 Å². The fourth-order valence-electron chi connectivity index (χ4n) is 3.00. The molecule has 2 N–H and O–H groups in total. The van der Waals surface area contributed by atoms with E-state index in [1.54, 1.807) is 31.4 Å². The van der Waals surface area contributed by atoms with Crippen molar-refractivity contribution in [3.8, 4) is 5.75 Å². The third-order valence-electron chi connectivity index (χ3n) is 4.56. The highest BCUT2D eigenvalue weighted by molar-refractivity contribution is 5.95. The van der Waals surface area contributed by atoms with Crippen molar-refractivity contribution >= 4 is 12.0 Å². The molecule has 132 valence electrons. The van der Waals surface area contributed by atoms with Crippen molar-refractivity contribution in [3.63, 3.8) is 0 Å². The third kappa shape index (κ3) is 5.44. The molecule has 6 nitrogen and oxygen atoms in total. The maximum atomic E-state index is 11.9. The Morgan fingerprint density at radius 2 is 1.79 bits per heavy atom. The minimum absolute atomic E-state index is 0.341. The van der Waals surface area contributed by atoms with Crippen LogP contribution in [0.25, 0.3) is 0 Å². The van der Waals surface area contributed by atoms with Crippen LogP contribution in [0.1, 0.15) is 49.4 Å². The summed E-state index contributed by atoms with van der Waals surface area (Å²) in [5, 5.41) is 0. The van der Waals surface area contributed by atoms with Crippen LogP contribution < -0.4 is 15.6 Å². The Labute approximate surface area is 142 Å². The summed E-state index contributed by atoms with van der Waals surface area (Å²) in [6, 6.07) is 6.59. The molecule has 0 radical (unpaired) electrons. The summed E-state index contributed by atoms with van der Waals surface area (Å²) >= 11 is 0. The second kappa shape index (κ2) is 9.15. The first-order valence-corrected chi connectivity index (χ1v) is 8.47. The highest BCUT2D eigenvalue weighted by Crippen LogP contribution is 2.29. The number of carbonyl (C=O) groups excluding carboxylic acids is 2. The summed E-state index contributed by atoms with van der Waals surface area (Å²) in [5.41, 5.74) is 5.03. The van der Waals surface area contributed by atoms with Crippen LogP contribution in [0, 0.1) is 11.8 Å². The Balaban J connectivity index is 1.69. The van der Waals surface area contributed by atoms with E-state index in [4.69, 9.17) is 9.47 Å². The Hall–Kier alpha value is -2.24. The molecule has 1 aliphatic rings. The van der Waals surface area contributed by atoms with Gasteiger partial charge in [-0.1, -0.05) is 39.0 Å². The second-order valence-electron chi connectivity index (χ2n) is 6.28. The summed E-state index contributed by atoms with van der Waals surface area (Å²) < 4.78 is 10.2. The van der Waals surface area contributed by atoms with E-state index in [1.807, 2.05) is 0 Å². The van der Waals surface area contributed by atoms with Crippen molar-refractivity contribution in [2.24, 2.45) is 11.8 Å². The zero-order valence-corrected chi connectivity index (χ0v) is 14.3. The van der Waals surface area contributed by atoms with Gasteiger partial charge >= 0.3 is 6.09 Å².